The highest BCUT2D eigenvalue weighted by Gasteiger charge is 2.52. The normalized spacial score (nSPS) is 21.5. The SMILES string of the molecule is CCOc1cc([C@@H](C)N(CCO[C@@H](C)c2ccccc2)C(O)NC2(C(=O)O)CC(OC)C2)cc(OCC)c1C(C)O. The lowest BCUT2D eigenvalue weighted by Gasteiger charge is -2.47. The Morgan fingerprint density at radius 2 is 1.61 bits per heavy atom. The number of benzene rings is 2. The number of ether oxygens (including phenoxy) is 4. The first-order valence-corrected chi connectivity index (χ1v) is 14.3. The predicted molar refractivity (Wildman–Crippen MR) is 155 cm³/mol. The van der Waals surface area contributed by atoms with E-state index in [-0.39, 0.29) is 31.7 Å². The lowest BCUT2D eigenvalue weighted by molar-refractivity contribution is -0.167. The number of carbonyl (C=O) groups is 1. The van der Waals surface area contributed by atoms with Crippen molar-refractivity contribution in [1.82, 2.24) is 10.2 Å². The first kappa shape index (κ1) is 32.8. The number of methoxy groups -OCH3 is 1. The summed E-state index contributed by atoms with van der Waals surface area (Å²) in [6, 6.07) is 13.1. The summed E-state index contributed by atoms with van der Waals surface area (Å²) in [5.41, 5.74) is 1.05. The molecule has 10 heteroatoms. The van der Waals surface area contributed by atoms with Crippen molar-refractivity contribution >= 4 is 5.97 Å². The average molecular weight is 575 g/mol. The lowest BCUT2D eigenvalue weighted by Crippen LogP contribution is -2.68. The highest BCUT2D eigenvalue weighted by molar-refractivity contribution is 5.80. The van der Waals surface area contributed by atoms with Crippen LogP contribution in [0, 0.1) is 0 Å². The number of carboxylic acid groups (broad SMARTS) is 1. The van der Waals surface area contributed by atoms with E-state index in [1.807, 2.05) is 70.2 Å². The maximum Gasteiger partial charge on any atom is 0.324 e. The molecule has 4 atom stereocenters. The van der Waals surface area contributed by atoms with E-state index in [1.165, 1.54) is 0 Å². The summed E-state index contributed by atoms with van der Waals surface area (Å²) in [6.07, 6.45) is -2.00. The number of rotatable bonds is 17. The number of aliphatic hydroxyl groups excluding tert-OH is 2. The van der Waals surface area contributed by atoms with E-state index in [4.69, 9.17) is 18.9 Å². The zero-order chi connectivity index (χ0) is 30.2. The standard InChI is InChI=1S/C31H46N2O8/c1-7-39-26-16-24(17-27(40-8-2)28(26)21(4)34)20(3)33(14-15-41-22(5)23-12-10-9-11-13-23)30(37)32-31(29(35)36)18-25(19-31)38-6/h9-13,16-17,20-22,25,30,32,34,37H,7-8,14-15,18-19H2,1-6H3,(H,35,36)/t20-,21?,22+,25?,30?,31?/m1/s1. The van der Waals surface area contributed by atoms with Gasteiger partial charge in [-0.25, -0.2) is 0 Å². The number of hydrogen-bond acceptors (Lipinski definition) is 9. The molecule has 0 saturated heterocycles. The van der Waals surface area contributed by atoms with Crippen LogP contribution in [0.4, 0.5) is 0 Å². The number of nitrogens with one attached hydrogen (secondary N) is 1. The topological polar surface area (TPSA) is 130 Å². The summed E-state index contributed by atoms with van der Waals surface area (Å²) in [7, 11) is 1.55. The van der Waals surface area contributed by atoms with Gasteiger partial charge in [-0.05, 0) is 57.9 Å². The maximum atomic E-state index is 12.2. The minimum absolute atomic E-state index is 0.169. The van der Waals surface area contributed by atoms with Crippen LogP contribution in [0.15, 0.2) is 42.5 Å². The summed E-state index contributed by atoms with van der Waals surface area (Å²) in [5.74, 6) is -0.0453. The third-order valence-electron chi connectivity index (χ3n) is 7.72. The van der Waals surface area contributed by atoms with Crippen molar-refractivity contribution in [2.24, 2.45) is 0 Å². The highest BCUT2D eigenvalue weighted by Crippen LogP contribution is 2.40. The Bertz CT molecular complexity index is 1080. The molecule has 0 bridgehead atoms. The average Bonchev–Trinajstić information content (AvgIpc) is 2.92. The third-order valence-corrected chi connectivity index (χ3v) is 7.72. The molecule has 10 nitrogen and oxygen atoms in total. The molecule has 0 spiro atoms. The first-order valence-electron chi connectivity index (χ1n) is 14.3. The van der Waals surface area contributed by atoms with Gasteiger partial charge in [-0.15, -0.1) is 0 Å². The van der Waals surface area contributed by atoms with Crippen LogP contribution in [-0.2, 0) is 14.3 Å². The predicted octanol–water partition coefficient (Wildman–Crippen LogP) is 4.18. The van der Waals surface area contributed by atoms with Gasteiger partial charge in [0.05, 0.1) is 43.7 Å². The fourth-order valence-electron chi connectivity index (χ4n) is 5.27. The smallest absolute Gasteiger partial charge is 0.324 e. The van der Waals surface area contributed by atoms with Gasteiger partial charge in [0.25, 0.3) is 0 Å². The van der Waals surface area contributed by atoms with Gasteiger partial charge in [-0.3, -0.25) is 15.0 Å². The van der Waals surface area contributed by atoms with Crippen molar-refractivity contribution in [2.75, 3.05) is 33.5 Å². The molecule has 228 valence electrons. The third kappa shape index (κ3) is 7.97. The second-order valence-electron chi connectivity index (χ2n) is 10.5. The molecule has 1 fully saturated rings. The summed E-state index contributed by atoms with van der Waals surface area (Å²) in [6.45, 7) is 10.6. The van der Waals surface area contributed by atoms with Crippen LogP contribution in [0.2, 0.25) is 0 Å². The number of nitrogens with zero attached hydrogens (tertiary/aromatic N) is 1. The van der Waals surface area contributed by atoms with Gasteiger partial charge in [-0.2, -0.15) is 0 Å². The summed E-state index contributed by atoms with van der Waals surface area (Å²) < 4.78 is 23.2. The number of carboxylic acids is 1. The highest BCUT2D eigenvalue weighted by atomic mass is 16.5. The van der Waals surface area contributed by atoms with Crippen molar-refractivity contribution in [1.29, 1.82) is 0 Å². The largest absolute Gasteiger partial charge is 0.493 e. The fourth-order valence-corrected chi connectivity index (χ4v) is 5.27. The molecule has 0 aromatic heterocycles. The molecule has 1 aliphatic rings. The van der Waals surface area contributed by atoms with E-state index in [0.29, 0.717) is 36.8 Å². The van der Waals surface area contributed by atoms with Gasteiger partial charge in [0.15, 0.2) is 6.35 Å². The molecule has 0 aliphatic heterocycles. The quantitative estimate of drug-likeness (QED) is 0.204. The van der Waals surface area contributed by atoms with Crippen molar-refractivity contribution in [2.45, 2.75) is 83.7 Å². The van der Waals surface area contributed by atoms with Crippen LogP contribution < -0.4 is 14.8 Å². The second-order valence-corrected chi connectivity index (χ2v) is 10.5. The van der Waals surface area contributed by atoms with E-state index < -0.39 is 30.0 Å². The Balaban J connectivity index is 1.91. The van der Waals surface area contributed by atoms with Crippen molar-refractivity contribution < 1.29 is 39.1 Å². The van der Waals surface area contributed by atoms with Gasteiger partial charge >= 0.3 is 5.97 Å². The fraction of sp³-hybridized carbons (Fsp3) is 0.581. The van der Waals surface area contributed by atoms with Crippen molar-refractivity contribution in [3.63, 3.8) is 0 Å². The Hall–Kier alpha value is -2.73. The van der Waals surface area contributed by atoms with E-state index in [0.717, 1.165) is 11.1 Å². The van der Waals surface area contributed by atoms with Gasteiger partial charge in [0.1, 0.15) is 17.0 Å². The molecule has 0 radical (unpaired) electrons. The molecule has 1 aliphatic carbocycles. The molecule has 41 heavy (non-hydrogen) atoms. The van der Waals surface area contributed by atoms with Gasteiger partial charge in [0, 0.05) is 32.5 Å². The molecule has 1 saturated carbocycles. The summed E-state index contributed by atoms with van der Waals surface area (Å²) in [5, 5.41) is 34.9. The molecule has 3 rings (SSSR count). The van der Waals surface area contributed by atoms with Crippen LogP contribution >= 0.6 is 0 Å². The van der Waals surface area contributed by atoms with Crippen LogP contribution in [0.3, 0.4) is 0 Å². The van der Waals surface area contributed by atoms with Crippen LogP contribution in [0.25, 0.3) is 0 Å². The molecule has 2 aromatic rings. The second kappa shape index (κ2) is 14.9. The molecule has 4 N–H and O–H groups in total. The molecule has 2 aromatic carbocycles. The molecular formula is C31H46N2O8. The van der Waals surface area contributed by atoms with Gasteiger partial charge in [0.2, 0.25) is 0 Å². The zero-order valence-corrected chi connectivity index (χ0v) is 25.0. The Morgan fingerprint density at radius 3 is 2.10 bits per heavy atom. The van der Waals surface area contributed by atoms with E-state index >= 15 is 0 Å². The maximum absolute atomic E-state index is 12.2. The van der Waals surface area contributed by atoms with E-state index in [9.17, 15) is 20.1 Å². The summed E-state index contributed by atoms with van der Waals surface area (Å²) in [4.78, 5) is 14.0. The molecular weight excluding hydrogens is 528 g/mol. The van der Waals surface area contributed by atoms with Crippen molar-refractivity contribution in [3.8, 4) is 11.5 Å². The Labute approximate surface area is 243 Å². The first-order chi connectivity index (χ1) is 19.6. The van der Waals surface area contributed by atoms with Crippen LogP contribution in [0.1, 0.15) is 82.4 Å². The molecule has 2 unspecified atom stereocenters. The van der Waals surface area contributed by atoms with E-state index in [2.05, 4.69) is 5.32 Å². The number of aliphatic hydroxyl groups is 2. The zero-order valence-electron chi connectivity index (χ0n) is 25.0. The minimum atomic E-state index is -1.31. The summed E-state index contributed by atoms with van der Waals surface area (Å²) >= 11 is 0. The number of hydrogen-bond donors (Lipinski definition) is 4. The lowest BCUT2D eigenvalue weighted by atomic mass is 9.74. The van der Waals surface area contributed by atoms with Crippen LogP contribution in [0.5, 0.6) is 11.5 Å². The minimum Gasteiger partial charge on any atom is -0.493 e. The van der Waals surface area contributed by atoms with Crippen molar-refractivity contribution in [3.05, 3.63) is 59.2 Å². The van der Waals surface area contributed by atoms with Crippen LogP contribution in [-0.4, -0.2) is 77.7 Å². The Kier molecular flexibility index (Phi) is 12.0. The monoisotopic (exact) mass is 574 g/mol. The van der Waals surface area contributed by atoms with Gasteiger partial charge in [-0.1, -0.05) is 30.3 Å². The number of aliphatic carboxylic acids is 1. The molecule has 0 amide bonds. The Morgan fingerprint density at radius 1 is 1.02 bits per heavy atom. The molecule has 0 heterocycles. The van der Waals surface area contributed by atoms with Gasteiger partial charge < -0.3 is 34.3 Å². The van der Waals surface area contributed by atoms with E-state index in [1.54, 1.807) is 18.9 Å².